The van der Waals surface area contributed by atoms with Gasteiger partial charge in [0.1, 0.15) is 5.84 Å². The first-order valence-corrected chi connectivity index (χ1v) is 16.0. The maximum Gasteiger partial charge on any atom is 0.102 e. The first-order valence-electron chi connectivity index (χ1n) is 16.0. The number of benzene rings is 4. The predicted molar refractivity (Wildman–Crippen MR) is 190 cm³/mol. The molecule has 0 bridgehead atoms. The molecular formula is C40H48N4. The van der Waals surface area contributed by atoms with Crippen molar-refractivity contribution in [1.29, 1.82) is 0 Å². The van der Waals surface area contributed by atoms with Gasteiger partial charge in [0, 0.05) is 16.9 Å². The molecule has 1 unspecified atom stereocenters. The van der Waals surface area contributed by atoms with E-state index in [2.05, 4.69) is 181 Å². The van der Waals surface area contributed by atoms with Crippen LogP contribution in [-0.4, -0.2) is 34.2 Å². The summed E-state index contributed by atoms with van der Waals surface area (Å²) in [5.41, 5.74) is 9.43. The number of hydrogen-bond donors (Lipinski definition) is 1. The van der Waals surface area contributed by atoms with Crippen molar-refractivity contribution in [3.63, 3.8) is 0 Å². The van der Waals surface area contributed by atoms with E-state index in [1.807, 2.05) is 0 Å². The first-order chi connectivity index (χ1) is 20.6. The minimum Gasteiger partial charge on any atom is -0.349 e. The third-order valence-corrected chi connectivity index (χ3v) is 10.9. The van der Waals surface area contributed by atoms with Gasteiger partial charge in [0.2, 0.25) is 0 Å². The Hall–Kier alpha value is -3.89. The van der Waals surface area contributed by atoms with Gasteiger partial charge in [0.05, 0.1) is 22.8 Å². The Bertz CT molecular complexity index is 1690. The Morgan fingerprint density at radius 1 is 0.568 bits per heavy atom. The van der Waals surface area contributed by atoms with E-state index in [0.717, 1.165) is 5.84 Å². The largest absolute Gasteiger partial charge is 0.349 e. The summed E-state index contributed by atoms with van der Waals surface area (Å²) >= 11 is 0. The maximum absolute atomic E-state index is 4.99. The molecule has 44 heavy (non-hydrogen) atoms. The number of rotatable bonds is 5. The van der Waals surface area contributed by atoms with Gasteiger partial charge in [0.25, 0.3) is 0 Å². The number of anilines is 2. The third-order valence-electron chi connectivity index (χ3n) is 10.9. The molecule has 2 aliphatic heterocycles. The lowest BCUT2D eigenvalue weighted by molar-refractivity contribution is 0.315. The first kappa shape index (κ1) is 30.1. The highest BCUT2D eigenvalue weighted by atomic mass is 15.4. The Morgan fingerprint density at radius 2 is 1.02 bits per heavy atom. The van der Waals surface area contributed by atoms with E-state index in [9.17, 15) is 0 Å². The summed E-state index contributed by atoms with van der Waals surface area (Å²) in [5.74, 6) is 1.07. The van der Waals surface area contributed by atoms with Gasteiger partial charge in [-0.25, -0.2) is 0 Å². The van der Waals surface area contributed by atoms with Crippen LogP contribution in [0.25, 0.3) is 33.4 Å². The number of amidine groups is 1. The molecule has 0 aromatic heterocycles. The monoisotopic (exact) mass is 584 g/mol. The molecule has 4 heteroatoms. The molecule has 1 saturated heterocycles. The fraction of sp³-hybridized carbons (Fsp3) is 0.375. The van der Waals surface area contributed by atoms with Gasteiger partial charge in [-0.05, 0) is 145 Å². The molecule has 228 valence electrons. The van der Waals surface area contributed by atoms with E-state index in [-0.39, 0.29) is 28.3 Å². The SMILES string of the molecule is CC1=NC(C)(C)C(C)(C)N1c1ccc(-c2cc(-c3ccccc3)cc(-c3ccc(N4C(C)NC(C)(C)C4(C)C)cc3)c2)cc1. The van der Waals surface area contributed by atoms with Crippen LogP contribution in [0.2, 0.25) is 0 Å². The minimum absolute atomic E-state index is 0.00574. The van der Waals surface area contributed by atoms with Crippen molar-refractivity contribution < 1.29 is 0 Å². The molecule has 1 fully saturated rings. The molecule has 1 N–H and O–H groups in total. The van der Waals surface area contributed by atoms with Gasteiger partial charge in [-0.2, -0.15) is 0 Å². The molecule has 2 heterocycles. The molecule has 4 aromatic rings. The second-order valence-corrected chi connectivity index (χ2v) is 14.7. The smallest absolute Gasteiger partial charge is 0.102 e. The van der Waals surface area contributed by atoms with E-state index in [0.29, 0.717) is 0 Å². The second-order valence-electron chi connectivity index (χ2n) is 14.7. The van der Waals surface area contributed by atoms with Crippen molar-refractivity contribution >= 4 is 17.2 Å². The average Bonchev–Trinajstić information content (AvgIpc) is 3.25. The van der Waals surface area contributed by atoms with Crippen LogP contribution in [0.4, 0.5) is 11.4 Å². The van der Waals surface area contributed by atoms with Gasteiger partial charge in [0.15, 0.2) is 0 Å². The van der Waals surface area contributed by atoms with Gasteiger partial charge >= 0.3 is 0 Å². The summed E-state index contributed by atoms with van der Waals surface area (Å²) in [6, 6.07) is 35.8. The molecule has 0 radical (unpaired) electrons. The average molecular weight is 585 g/mol. The Balaban J connectivity index is 1.38. The molecule has 0 aliphatic carbocycles. The Morgan fingerprint density at radius 3 is 1.43 bits per heavy atom. The van der Waals surface area contributed by atoms with Crippen LogP contribution in [0.5, 0.6) is 0 Å². The van der Waals surface area contributed by atoms with Crippen LogP contribution in [0.1, 0.15) is 69.2 Å². The molecule has 0 amide bonds. The zero-order chi connectivity index (χ0) is 31.7. The quantitative estimate of drug-likeness (QED) is 0.253. The molecule has 0 saturated carbocycles. The van der Waals surface area contributed by atoms with Crippen LogP contribution < -0.4 is 15.1 Å². The normalized spacial score (nSPS) is 21.4. The summed E-state index contributed by atoms with van der Waals surface area (Å²) in [4.78, 5) is 9.88. The summed E-state index contributed by atoms with van der Waals surface area (Å²) in [7, 11) is 0. The third kappa shape index (κ3) is 4.84. The standard InChI is InChI=1S/C40H48N4/c1-27-41-37(3,4)39(7,8)43(27)35-20-16-30(17-21-35)33-24-32(29-14-12-11-13-15-29)25-34(26-33)31-18-22-36(23-19-31)44-28(2)42-38(5,6)40(44,9)10/h11-27,41H,1-10H3. The van der Waals surface area contributed by atoms with E-state index in [1.54, 1.807) is 0 Å². The van der Waals surface area contributed by atoms with Crippen LogP contribution in [-0.2, 0) is 0 Å². The van der Waals surface area contributed by atoms with E-state index >= 15 is 0 Å². The van der Waals surface area contributed by atoms with Crippen molar-refractivity contribution in [3.05, 3.63) is 97.1 Å². The fourth-order valence-electron chi connectivity index (χ4n) is 7.25. The Labute approximate surface area is 264 Å². The van der Waals surface area contributed by atoms with Crippen LogP contribution in [0.3, 0.4) is 0 Å². The molecule has 2 aliphatic rings. The molecule has 4 nitrogen and oxygen atoms in total. The summed E-state index contributed by atoms with van der Waals surface area (Å²) in [5, 5.41) is 3.78. The summed E-state index contributed by atoms with van der Waals surface area (Å²) < 4.78 is 0. The highest BCUT2D eigenvalue weighted by Gasteiger charge is 2.50. The van der Waals surface area contributed by atoms with Crippen LogP contribution in [0, 0.1) is 0 Å². The Kier molecular flexibility index (Phi) is 7.09. The van der Waals surface area contributed by atoms with Gasteiger partial charge in [-0.1, -0.05) is 54.6 Å². The second kappa shape index (κ2) is 10.3. The van der Waals surface area contributed by atoms with E-state index in [4.69, 9.17) is 4.99 Å². The lowest BCUT2D eigenvalue weighted by Gasteiger charge is -2.41. The minimum atomic E-state index is -0.153. The number of nitrogens with zero attached hydrogens (tertiary/aromatic N) is 3. The predicted octanol–water partition coefficient (Wildman–Crippen LogP) is 9.80. The summed E-state index contributed by atoms with van der Waals surface area (Å²) in [6.07, 6.45) is 0.258. The topological polar surface area (TPSA) is 30.9 Å². The summed E-state index contributed by atoms with van der Waals surface area (Å²) in [6.45, 7) is 22.6. The van der Waals surface area contributed by atoms with Crippen molar-refractivity contribution in [3.8, 4) is 33.4 Å². The van der Waals surface area contributed by atoms with Gasteiger partial charge in [-0.3, -0.25) is 10.3 Å². The molecule has 1 atom stereocenters. The van der Waals surface area contributed by atoms with Crippen molar-refractivity contribution in [2.24, 2.45) is 4.99 Å². The highest BCUT2D eigenvalue weighted by Crippen LogP contribution is 2.43. The number of hydrogen-bond acceptors (Lipinski definition) is 4. The van der Waals surface area contributed by atoms with Crippen molar-refractivity contribution in [2.45, 2.75) is 97.6 Å². The lowest BCUT2D eigenvalue weighted by atomic mass is 9.83. The van der Waals surface area contributed by atoms with Crippen LogP contribution >= 0.6 is 0 Å². The number of nitrogens with one attached hydrogen (secondary N) is 1. The lowest BCUT2D eigenvalue weighted by Crippen LogP contribution is -2.53. The van der Waals surface area contributed by atoms with Gasteiger partial charge in [-0.15, -0.1) is 0 Å². The maximum atomic E-state index is 4.99. The molecular weight excluding hydrogens is 536 g/mol. The van der Waals surface area contributed by atoms with E-state index in [1.165, 1.54) is 44.8 Å². The van der Waals surface area contributed by atoms with E-state index < -0.39 is 0 Å². The highest BCUT2D eigenvalue weighted by molar-refractivity contribution is 6.00. The molecule has 4 aromatic carbocycles. The van der Waals surface area contributed by atoms with Crippen molar-refractivity contribution in [2.75, 3.05) is 9.80 Å². The van der Waals surface area contributed by atoms with Gasteiger partial charge < -0.3 is 9.80 Å². The zero-order valence-corrected chi connectivity index (χ0v) is 28.2. The van der Waals surface area contributed by atoms with Crippen molar-refractivity contribution in [1.82, 2.24) is 5.32 Å². The van der Waals surface area contributed by atoms with Crippen LogP contribution in [0.15, 0.2) is 102 Å². The zero-order valence-electron chi connectivity index (χ0n) is 28.2. The fourth-order valence-corrected chi connectivity index (χ4v) is 7.25. The molecule has 0 spiro atoms. The molecule has 6 rings (SSSR count). The number of aliphatic imine (C=N–C) groups is 1.